The fourth-order valence-electron chi connectivity index (χ4n) is 4.43. The van der Waals surface area contributed by atoms with E-state index < -0.39 is 0 Å². The molecule has 2 aromatic heterocycles. The van der Waals surface area contributed by atoms with Gasteiger partial charge in [-0.15, -0.1) is 12.4 Å². The van der Waals surface area contributed by atoms with Gasteiger partial charge >= 0.3 is 0 Å². The van der Waals surface area contributed by atoms with Crippen LogP contribution >= 0.6 is 23.7 Å². The van der Waals surface area contributed by atoms with E-state index in [2.05, 4.69) is 45.3 Å². The Morgan fingerprint density at radius 3 is 2.84 bits per heavy atom. The molecule has 1 spiro atoms. The van der Waals surface area contributed by atoms with E-state index in [1.165, 1.54) is 49.2 Å². The lowest BCUT2D eigenvalue weighted by Crippen LogP contribution is -2.35. The summed E-state index contributed by atoms with van der Waals surface area (Å²) in [5, 5.41) is 12.7. The number of thiophene rings is 1. The Morgan fingerprint density at radius 1 is 1.36 bits per heavy atom. The van der Waals surface area contributed by atoms with Crippen LogP contribution in [0.1, 0.15) is 43.0 Å². The monoisotopic (exact) mass is 380 g/mol. The van der Waals surface area contributed by atoms with Crippen molar-refractivity contribution in [2.75, 3.05) is 13.1 Å². The highest BCUT2D eigenvalue weighted by atomic mass is 35.5. The quantitative estimate of drug-likeness (QED) is 0.831. The van der Waals surface area contributed by atoms with Crippen LogP contribution in [0.2, 0.25) is 0 Å². The van der Waals surface area contributed by atoms with E-state index in [4.69, 9.17) is 0 Å². The molecule has 4 nitrogen and oxygen atoms in total. The maximum absolute atomic E-state index is 4.65. The van der Waals surface area contributed by atoms with Gasteiger partial charge < -0.3 is 5.32 Å². The first-order chi connectivity index (χ1) is 11.7. The molecule has 1 N–H and O–H groups in total. The predicted octanol–water partition coefficient (Wildman–Crippen LogP) is 3.61. The van der Waals surface area contributed by atoms with E-state index in [1.807, 2.05) is 11.7 Å². The van der Waals surface area contributed by atoms with E-state index in [1.54, 1.807) is 11.3 Å². The summed E-state index contributed by atoms with van der Waals surface area (Å²) in [7, 11) is 2.04. The summed E-state index contributed by atoms with van der Waals surface area (Å²) in [5.74, 6) is 0. The van der Waals surface area contributed by atoms with Crippen molar-refractivity contribution in [2.24, 2.45) is 12.5 Å². The van der Waals surface area contributed by atoms with E-state index in [0.717, 1.165) is 25.6 Å². The summed E-state index contributed by atoms with van der Waals surface area (Å²) in [6, 6.07) is 3.02. The minimum absolute atomic E-state index is 0. The molecule has 1 aliphatic heterocycles. The van der Waals surface area contributed by atoms with Crippen molar-refractivity contribution in [3.05, 3.63) is 39.8 Å². The number of halogens is 1. The molecule has 0 bridgehead atoms. The molecule has 1 saturated heterocycles. The molecular formula is C19H29ClN4S. The van der Waals surface area contributed by atoms with Crippen LogP contribution in [0.25, 0.3) is 0 Å². The van der Waals surface area contributed by atoms with Crippen LogP contribution in [0.5, 0.6) is 0 Å². The Bertz CT molecular complexity index is 676. The molecule has 6 heteroatoms. The third-order valence-corrected chi connectivity index (χ3v) is 6.58. The zero-order chi connectivity index (χ0) is 16.6. The van der Waals surface area contributed by atoms with E-state index in [-0.39, 0.29) is 12.4 Å². The van der Waals surface area contributed by atoms with Crippen LogP contribution in [0.15, 0.2) is 23.0 Å². The molecule has 1 aliphatic carbocycles. The third-order valence-electron chi connectivity index (χ3n) is 5.85. The molecule has 1 saturated carbocycles. The number of aromatic nitrogens is 2. The second kappa shape index (κ2) is 7.78. The number of hydrogen-bond donors (Lipinski definition) is 1. The summed E-state index contributed by atoms with van der Waals surface area (Å²) in [6.45, 7) is 6.69. The van der Waals surface area contributed by atoms with Gasteiger partial charge in [-0.25, -0.2) is 0 Å². The lowest BCUT2D eigenvalue weighted by Gasteiger charge is -2.29. The summed E-state index contributed by atoms with van der Waals surface area (Å²) >= 11 is 1.81. The molecule has 25 heavy (non-hydrogen) atoms. The highest BCUT2D eigenvalue weighted by Gasteiger charge is 2.56. The van der Waals surface area contributed by atoms with Crippen molar-refractivity contribution in [2.45, 2.75) is 51.7 Å². The molecule has 0 amide bonds. The minimum Gasteiger partial charge on any atom is -0.317 e. The lowest BCUT2D eigenvalue weighted by molar-refractivity contribution is 0.188. The molecule has 2 aliphatic rings. The average molecular weight is 381 g/mol. The molecule has 0 aromatic carbocycles. The number of nitrogens with zero attached hydrogens (tertiary/aromatic N) is 3. The molecule has 138 valence electrons. The van der Waals surface area contributed by atoms with Crippen molar-refractivity contribution in [3.8, 4) is 0 Å². The van der Waals surface area contributed by atoms with E-state index >= 15 is 0 Å². The van der Waals surface area contributed by atoms with Gasteiger partial charge in [0, 0.05) is 37.9 Å². The van der Waals surface area contributed by atoms with Crippen molar-refractivity contribution in [1.29, 1.82) is 0 Å². The van der Waals surface area contributed by atoms with Crippen molar-refractivity contribution >= 4 is 23.7 Å². The summed E-state index contributed by atoms with van der Waals surface area (Å²) in [4.78, 5) is 2.73. The SMILES string of the molecule is CCc1nn(C)cc1CN(Cc1ccsc1)C1CC12CCNCC2.Cl. The Balaban J connectivity index is 0.00000182. The number of piperidine rings is 1. The first kappa shape index (κ1) is 18.9. The molecule has 2 aromatic rings. The normalized spacial score (nSPS) is 21.5. The predicted molar refractivity (Wildman–Crippen MR) is 106 cm³/mol. The van der Waals surface area contributed by atoms with Gasteiger partial charge in [-0.05, 0) is 66.6 Å². The van der Waals surface area contributed by atoms with E-state index in [0.29, 0.717) is 5.41 Å². The largest absolute Gasteiger partial charge is 0.317 e. The molecule has 4 rings (SSSR count). The second-order valence-electron chi connectivity index (χ2n) is 7.50. The van der Waals surface area contributed by atoms with Gasteiger partial charge in [0.25, 0.3) is 0 Å². The minimum atomic E-state index is 0. The maximum atomic E-state index is 4.65. The van der Waals surface area contributed by atoms with Gasteiger partial charge in [0.1, 0.15) is 0 Å². The highest BCUT2D eigenvalue weighted by Crippen LogP contribution is 2.56. The highest BCUT2D eigenvalue weighted by molar-refractivity contribution is 7.07. The Morgan fingerprint density at radius 2 is 2.16 bits per heavy atom. The standard InChI is InChI=1S/C19H28N4S.ClH/c1-3-17-16(12-22(2)21-17)13-23(11-15-4-9-24-14-15)18-10-19(18)5-7-20-8-6-19;/h4,9,12,14,18,20H,3,5-8,10-11,13H2,1-2H3;1H. The summed E-state index contributed by atoms with van der Waals surface area (Å²) in [5.41, 5.74) is 4.70. The fraction of sp³-hybridized carbons (Fsp3) is 0.632. The third kappa shape index (κ3) is 3.95. The number of rotatable bonds is 6. The van der Waals surface area contributed by atoms with Crippen LogP contribution in [0, 0.1) is 5.41 Å². The van der Waals surface area contributed by atoms with Gasteiger partial charge in [0.05, 0.1) is 5.69 Å². The first-order valence-corrected chi connectivity index (χ1v) is 10.1. The van der Waals surface area contributed by atoms with Gasteiger partial charge in [-0.2, -0.15) is 16.4 Å². The number of hydrogen-bond acceptors (Lipinski definition) is 4. The first-order valence-electron chi connectivity index (χ1n) is 9.17. The molecule has 3 heterocycles. The summed E-state index contributed by atoms with van der Waals surface area (Å²) in [6.07, 6.45) is 7.29. The van der Waals surface area contributed by atoms with Crippen LogP contribution in [0.3, 0.4) is 0 Å². The molecule has 2 fully saturated rings. The van der Waals surface area contributed by atoms with Crippen LogP contribution in [-0.2, 0) is 26.6 Å². The van der Waals surface area contributed by atoms with Crippen LogP contribution in [-0.4, -0.2) is 33.8 Å². The topological polar surface area (TPSA) is 33.1 Å². The van der Waals surface area contributed by atoms with Crippen molar-refractivity contribution < 1.29 is 0 Å². The Labute approximate surface area is 161 Å². The Hall–Kier alpha value is -0.880. The van der Waals surface area contributed by atoms with Gasteiger partial charge in [-0.3, -0.25) is 9.58 Å². The zero-order valence-electron chi connectivity index (χ0n) is 15.2. The zero-order valence-corrected chi connectivity index (χ0v) is 16.8. The molecule has 1 unspecified atom stereocenters. The maximum Gasteiger partial charge on any atom is 0.0666 e. The summed E-state index contributed by atoms with van der Waals surface area (Å²) < 4.78 is 1.98. The van der Waals surface area contributed by atoms with Crippen molar-refractivity contribution in [3.63, 3.8) is 0 Å². The van der Waals surface area contributed by atoms with Crippen LogP contribution < -0.4 is 5.32 Å². The molecule has 0 radical (unpaired) electrons. The average Bonchev–Trinajstić information content (AvgIpc) is 2.93. The van der Waals surface area contributed by atoms with Gasteiger partial charge in [0.2, 0.25) is 0 Å². The number of nitrogens with one attached hydrogen (secondary N) is 1. The lowest BCUT2D eigenvalue weighted by atomic mass is 9.93. The number of aryl methyl sites for hydroxylation is 2. The Kier molecular flexibility index (Phi) is 5.88. The second-order valence-corrected chi connectivity index (χ2v) is 8.28. The van der Waals surface area contributed by atoms with E-state index in [9.17, 15) is 0 Å². The van der Waals surface area contributed by atoms with Gasteiger partial charge in [-0.1, -0.05) is 6.92 Å². The molecular weight excluding hydrogens is 352 g/mol. The smallest absolute Gasteiger partial charge is 0.0666 e. The van der Waals surface area contributed by atoms with Gasteiger partial charge in [0.15, 0.2) is 0 Å². The van der Waals surface area contributed by atoms with Crippen molar-refractivity contribution in [1.82, 2.24) is 20.0 Å². The fourth-order valence-corrected chi connectivity index (χ4v) is 5.09. The molecule has 1 atom stereocenters. The van der Waals surface area contributed by atoms with Crippen LogP contribution in [0.4, 0.5) is 0 Å².